The van der Waals surface area contributed by atoms with E-state index in [-0.39, 0.29) is 5.95 Å². The van der Waals surface area contributed by atoms with Gasteiger partial charge in [0.1, 0.15) is 5.82 Å². The highest BCUT2D eigenvalue weighted by Gasteiger charge is 2.14. The van der Waals surface area contributed by atoms with Crippen LogP contribution < -0.4 is 11.1 Å². The lowest BCUT2D eigenvalue weighted by Gasteiger charge is -2.21. The Hall–Kier alpha value is -1.86. The number of nitrogens with one attached hydrogen (secondary N) is 1. The van der Waals surface area contributed by atoms with E-state index in [2.05, 4.69) is 33.3 Å². The molecule has 1 aromatic carbocycles. The summed E-state index contributed by atoms with van der Waals surface area (Å²) in [6.45, 7) is 3.01. The highest BCUT2D eigenvalue weighted by atomic mass is 32.2. The molecule has 0 spiro atoms. The molecule has 0 aliphatic carbocycles. The maximum atomic E-state index is 5.86. The van der Waals surface area contributed by atoms with Gasteiger partial charge in [-0.3, -0.25) is 0 Å². The number of nitrogens with two attached hydrogens (primary N) is 1. The maximum Gasteiger partial charge on any atom is 0.232 e. The number of anilines is 3. The second-order valence-electron chi connectivity index (χ2n) is 6.07. The molecule has 1 aliphatic rings. The van der Waals surface area contributed by atoms with Crippen molar-refractivity contribution in [2.75, 3.05) is 23.4 Å². The van der Waals surface area contributed by atoms with Crippen LogP contribution in [0.25, 0.3) is 0 Å². The van der Waals surface area contributed by atoms with Gasteiger partial charge in [-0.25, -0.2) is 0 Å². The number of nitrogens with zero attached hydrogens (tertiary/aromatic N) is 3. The Morgan fingerprint density at radius 2 is 2.12 bits per heavy atom. The molecule has 2 aromatic rings. The van der Waals surface area contributed by atoms with Gasteiger partial charge in [0.2, 0.25) is 11.9 Å². The Bertz CT molecular complexity index is 691. The summed E-state index contributed by atoms with van der Waals surface area (Å²) in [4.78, 5) is 13.0. The molecule has 0 saturated carbocycles. The molecule has 0 amide bonds. The van der Waals surface area contributed by atoms with Crippen LogP contribution in [-0.4, -0.2) is 33.4 Å². The van der Waals surface area contributed by atoms with Crippen LogP contribution in [0, 0.1) is 0 Å². The van der Waals surface area contributed by atoms with Gasteiger partial charge in [-0.15, -0.1) is 0 Å². The molecule has 1 fully saturated rings. The first-order valence-corrected chi connectivity index (χ1v) is 9.94. The second-order valence-corrected chi connectivity index (χ2v) is 7.10. The van der Waals surface area contributed by atoms with E-state index >= 15 is 0 Å². The van der Waals surface area contributed by atoms with Gasteiger partial charge in [0.15, 0.2) is 0 Å². The van der Waals surface area contributed by atoms with E-state index in [0.717, 1.165) is 30.9 Å². The zero-order valence-corrected chi connectivity index (χ0v) is 15.4. The zero-order chi connectivity index (χ0) is 17.5. The number of hydrogen-bond acceptors (Lipinski definition) is 7. The highest BCUT2D eigenvalue weighted by molar-refractivity contribution is 7.98. The van der Waals surface area contributed by atoms with Crippen LogP contribution in [0.4, 0.5) is 17.6 Å². The Morgan fingerprint density at radius 1 is 1.24 bits per heavy atom. The third kappa shape index (κ3) is 5.31. The normalized spacial score (nSPS) is 17.4. The molecular weight excluding hydrogens is 334 g/mol. The van der Waals surface area contributed by atoms with E-state index in [4.69, 9.17) is 10.5 Å². The third-order valence-corrected chi connectivity index (χ3v) is 5.22. The van der Waals surface area contributed by atoms with Crippen molar-refractivity contribution in [2.45, 2.75) is 44.5 Å². The summed E-state index contributed by atoms with van der Waals surface area (Å²) < 4.78 is 5.76. The van der Waals surface area contributed by atoms with Crippen LogP contribution in [-0.2, 0) is 16.9 Å². The standard InChI is InChI=1S/C18H25N5OS/c1-2-13-7-3-4-9-15(13)20-18-22-16(21-17(19)23-18)12-25-11-14-8-5-6-10-24-14/h3-4,7,9,14H,2,5-6,8,10-12H2,1H3,(H3,19,20,21,22,23)/t14-/m0/s1. The van der Waals surface area contributed by atoms with Crippen molar-refractivity contribution in [1.82, 2.24) is 15.0 Å². The molecule has 2 heterocycles. The van der Waals surface area contributed by atoms with Crippen molar-refractivity contribution in [3.05, 3.63) is 35.7 Å². The Morgan fingerprint density at radius 3 is 2.92 bits per heavy atom. The molecule has 1 saturated heterocycles. The molecule has 0 bridgehead atoms. The van der Waals surface area contributed by atoms with Crippen LogP contribution >= 0.6 is 11.8 Å². The van der Waals surface area contributed by atoms with E-state index < -0.39 is 0 Å². The van der Waals surface area contributed by atoms with Gasteiger partial charge in [-0.1, -0.05) is 25.1 Å². The fraction of sp³-hybridized carbons (Fsp3) is 0.500. The minimum Gasteiger partial charge on any atom is -0.377 e. The molecule has 3 N–H and O–H groups in total. The number of nitrogen functional groups attached to an aromatic ring is 1. The molecule has 1 atom stereocenters. The van der Waals surface area contributed by atoms with E-state index in [1.807, 2.05) is 18.2 Å². The van der Waals surface area contributed by atoms with Gasteiger partial charge in [0.25, 0.3) is 0 Å². The highest BCUT2D eigenvalue weighted by Crippen LogP contribution is 2.22. The topological polar surface area (TPSA) is 86.0 Å². The number of hydrogen-bond donors (Lipinski definition) is 2. The molecule has 7 heteroatoms. The van der Waals surface area contributed by atoms with Gasteiger partial charge in [0, 0.05) is 18.0 Å². The summed E-state index contributed by atoms with van der Waals surface area (Å²) in [6.07, 6.45) is 4.88. The van der Waals surface area contributed by atoms with Crippen molar-refractivity contribution in [3.63, 3.8) is 0 Å². The van der Waals surface area contributed by atoms with Crippen LogP contribution in [0.2, 0.25) is 0 Å². The Kier molecular flexibility index (Phi) is 6.47. The smallest absolute Gasteiger partial charge is 0.232 e. The summed E-state index contributed by atoms with van der Waals surface area (Å²) in [5.74, 6) is 3.11. The SMILES string of the molecule is CCc1ccccc1Nc1nc(N)nc(CSC[C@@H]2CCCCO2)n1. The molecule has 0 radical (unpaired) electrons. The van der Waals surface area contributed by atoms with Crippen molar-refractivity contribution in [3.8, 4) is 0 Å². The summed E-state index contributed by atoms with van der Waals surface area (Å²) in [5.41, 5.74) is 8.08. The van der Waals surface area contributed by atoms with Gasteiger partial charge in [-0.2, -0.15) is 26.7 Å². The quantitative estimate of drug-likeness (QED) is 0.781. The second kappa shape index (κ2) is 9.01. The lowest BCUT2D eigenvalue weighted by molar-refractivity contribution is 0.0315. The number of ether oxygens (including phenoxy) is 1. The maximum absolute atomic E-state index is 5.86. The Balaban J connectivity index is 1.61. The van der Waals surface area contributed by atoms with Gasteiger partial charge in [0.05, 0.1) is 11.9 Å². The van der Waals surface area contributed by atoms with Gasteiger partial charge >= 0.3 is 0 Å². The molecule has 134 valence electrons. The van der Waals surface area contributed by atoms with E-state index in [0.29, 0.717) is 23.6 Å². The summed E-state index contributed by atoms with van der Waals surface area (Å²) in [5, 5.41) is 3.27. The number of benzene rings is 1. The fourth-order valence-electron chi connectivity index (χ4n) is 2.85. The first-order valence-electron chi connectivity index (χ1n) is 8.79. The predicted molar refractivity (Wildman–Crippen MR) is 103 cm³/mol. The van der Waals surface area contributed by atoms with Gasteiger partial charge < -0.3 is 15.8 Å². The van der Waals surface area contributed by atoms with E-state index in [9.17, 15) is 0 Å². The van der Waals surface area contributed by atoms with Crippen LogP contribution in [0.5, 0.6) is 0 Å². The van der Waals surface area contributed by atoms with Crippen molar-refractivity contribution in [2.24, 2.45) is 0 Å². The van der Waals surface area contributed by atoms with Crippen LogP contribution in [0.15, 0.2) is 24.3 Å². The molecule has 3 rings (SSSR count). The molecule has 25 heavy (non-hydrogen) atoms. The average Bonchev–Trinajstić information content (AvgIpc) is 2.63. The first-order chi connectivity index (χ1) is 12.2. The number of para-hydroxylation sites is 1. The molecule has 6 nitrogen and oxygen atoms in total. The minimum absolute atomic E-state index is 0.246. The molecule has 1 aliphatic heterocycles. The lowest BCUT2D eigenvalue weighted by Crippen LogP contribution is -2.21. The average molecular weight is 359 g/mol. The summed E-state index contributed by atoms with van der Waals surface area (Å²) in [7, 11) is 0. The van der Waals surface area contributed by atoms with Crippen LogP contribution in [0.1, 0.15) is 37.6 Å². The lowest BCUT2D eigenvalue weighted by atomic mass is 10.1. The number of rotatable bonds is 7. The number of aryl methyl sites for hydroxylation is 1. The summed E-state index contributed by atoms with van der Waals surface area (Å²) >= 11 is 1.78. The largest absolute Gasteiger partial charge is 0.377 e. The third-order valence-electron chi connectivity index (χ3n) is 4.15. The molecular formula is C18H25N5OS. The minimum atomic E-state index is 0.246. The zero-order valence-electron chi connectivity index (χ0n) is 14.6. The molecule has 1 aromatic heterocycles. The van der Waals surface area contributed by atoms with Crippen molar-refractivity contribution in [1.29, 1.82) is 0 Å². The number of aromatic nitrogens is 3. The number of thioether (sulfide) groups is 1. The monoisotopic (exact) mass is 359 g/mol. The van der Waals surface area contributed by atoms with E-state index in [1.54, 1.807) is 11.8 Å². The molecule has 0 unspecified atom stereocenters. The van der Waals surface area contributed by atoms with Gasteiger partial charge in [-0.05, 0) is 37.3 Å². The predicted octanol–water partition coefficient (Wildman–Crippen LogP) is 3.56. The summed E-state index contributed by atoms with van der Waals surface area (Å²) in [6, 6.07) is 8.13. The van der Waals surface area contributed by atoms with Crippen molar-refractivity contribution >= 4 is 29.3 Å². The fourth-order valence-corrected chi connectivity index (χ4v) is 3.81. The first kappa shape index (κ1) is 17.9. The van der Waals surface area contributed by atoms with Crippen LogP contribution in [0.3, 0.4) is 0 Å². The van der Waals surface area contributed by atoms with E-state index in [1.165, 1.54) is 18.4 Å². The Labute approximate surface area is 153 Å². The van der Waals surface area contributed by atoms with Crippen molar-refractivity contribution < 1.29 is 4.74 Å².